The van der Waals surface area contributed by atoms with Gasteiger partial charge in [0, 0.05) is 6.42 Å². The minimum atomic E-state index is 0.459. The lowest BCUT2D eigenvalue weighted by Crippen LogP contribution is -2.33. The average Bonchev–Trinajstić information content (AvgIpc) is 2.02. The van der Waals surface area contributed by atoms with Crippen molar-refractivity contribution >= 4 is 6.29 Å². The predicted molar refractivity (Wildman–Crippen MR) is 55.6 cm³/mol. The lowest BCUT2D eigenvalue weighted by atomic mass is 9.63. The van der Waals surface area contributed by atoms with Crippen LogP contribution in [0, 0.1) is 17.3 Å². The van der Waals surface area contributed by atoms with E-state index in [1.165, 1.54) is 19.3 Å². The van der Waals surface area contributed by atoms with E-state index in [-0.39, 0.29) is 0 Å². The fraction of sp³-hybridized carbons (Fsp3) is 0.917. The first-order chi connectivity index (χ1) is 6.08. The third-order valence-corrected chi connectivity index (χ3v) is 3.77. The van der Waals surface area contributed by atoms with Gasteiger partial charge >= 0.3 is 0 Å². The maximum Gasteiger partial charge on any atom is 0.120 e. The van der Waals surface area contributed by atoms with Crippen molar-refractivity contribution in [2.45, 2.75) is 52.9 Å². The summed E-state index contributed by atoms with van der Waals surface area (Å²) < 4.78 is 0. The van der Waals surface area contributed by atoms with Crippen LogP contribution in [0.15, 0.2) is 0 Å². The molecule has 1 fully saturated rings. The van der Waals surface area contributed by atoms with E-state index in [0.717, 1.165) is 31.0 Å². The van der Waals surface area contributed by atoms with Crippen LogP contribution in [0.25, 0.3) is 0 Å². The van der Waals surface area contributed by atoms with Crippen LogP contribution in [0.5, 0.6) is 0 Å². The second kappa shape index (κ2) is 4.26. The van der Waals surface area contributed by atoms with Crippen LogP contribution in [-0.2, 0) is 4.79 Å². The van der Waals surface area contributed by atoms with E-state index in [1.807, 2.05) is 0 Å². The SMILES string of the molecule is C[C@H]1CCCC(C)(C)C1CCC=O. The summed E-state index contributed by atoms with van der Waals surface area (Å²) in [7, 11) is 0. The Morgan fingerprint density at radius 2 is 2.15 bits per heavy atom. The lowest BCUT2D eigenvalue weighted by molar-refractivity contribution is -0.108. The molecule has 0 N–H and O–H groups in total. The van der Waals surface area contributed by atoms with E-state index >= 15 is 0 Å². The third-order valence-electron chi connectivity index (χ3n) is 3.77. The van der Waals surface area contributed by atoms with Crippen molar-refractivity contribution < 1.29 is 4.79 Å². The summed E-state index contributed by atoms with van der Waals surface area (Å²) in [6, 6.07) is 0. The highest BCUT2D eigenvalue weighted by atomic mass is 16.1. The summed E-state index contributed by atoms with van der Waals surface area (Å²) in [5.41, 5.74) is 0.459. The predicted octanol–water partition coefficient (Wildman–Crippen LogP) is 3.43. The number of hydrogen-bond donors (Lipinski definition) is 0. The van der Waals surface area contributed by atoms with Crippen molar-refractivity contribution in [3.63, 3.8) is 0 Å². The van der Waals surface area contributed by atoms with Gasteiger partial charge in [0.2, 0.25) is 0 Å². The van der Waals surface area contributed by atoms with E-state index in [2.05, 4.69) is 20.8 Å². The molecule has 1 nitrogen and oxygen atoms in total. The van der Waals surface area contributed by atoms with Gasteiger partial charge in [-0.05, 0) is 30.1 Å². The Balaban J connectivity index is 2.57. The molecule has 0 spiro atoms. The van der Waals surface area contributed by atoms with E-state index in [0.29, 0.717) is 5.41 Å². The first-order valence-electron chi connectivity index (χ1n) is 5.51. The van der Waals surface area contributed by atoms with Gasteiger partial charge in [0.1, 0.15) is 6.29 Å². The minimum Gasteiger partial charge on any atom is -0.303 e. The van der Waals surface area contributed by atoms with Gasteiger partial charge in [0.15, 0.2) is 0 Å². The van der Waals surface area contributed by atoms with Gasteiger partial charge in [-0.3, -0.25) is 0 Å². The molecule has 1 heteroatoms. The van der Waals surface area contributed by atoms with E-state index < -0.39 is 0 Å². The summed E-state index contributed by atoms with van der Waals surface area (Å²) in [6.45, 7) is 7.06. The molecule has 76 valence electrons. The monoisotopic (exact) mass is 182 g/mol. The zero-order chi connectivity index (χ0) is 9.90. The molecule has 1 saturated carbocycles. The van der Waals surface area contributed by atoms with Crippen LogP contribution in [0.1, 0.15) is 52.9 Å². The van der Waals surface area contributed by atoms with Crippen molar-refractivity contribution in [2.24, 2.45) is 17.3 Å². The number of hydrogen-bond acceptors (Lipinski definition) is 1. The van der Waals surface area contributed by atoms with Crippen molar-refractivity contribution in [1.82, 2.24) is 0 Å². The highest BCUT2D eigenvalue weighted by Crippen LogP contribution is 2.45. The maximum atomic E-state index is 10.4. The second-order valence-corrected chi connectivity index (χ2v) is 5.21. The fourth-order valence-electron chi connectivity index (χ4n) is 2.96. The highest BCUT2D eigenvalue weighted by Gasteiger charge is 2.35. The van der Waals surface area contributed by atoms with Gasteiger partial charge in [0.05, 0.1) is 0 Å². The molecule has 0 saturated heterocycles. The minimum absolute atomic E-state index is 0.459. The topological polar surface area (TPSA) is 17.1 Å². The van der Waals surface area contributed by atoms with Gasteiger partial charge in [0.25, 0.3) is 0 Å². The molecule has 1 rings (SSSR count). The van der Waals surface area contributed by atoms with E-state index in [1.54, 1.807) is 0 Å². The summed E-state index contributed by atoms with van der Waals surface area (Å²) in [5.74, 6) is 1.56. The lowest BCUT2D eigenvalue weighted by Gasteiger charge is -2.43. The van der Waals surface area contributed by atoms with Crippen molar-refractivity contribution in [1.29, 1.82) is 0 Å². The Morgan fingerprint density at radius 3 is 2.69 bits per heavy atom. The highest BCUT2D eigenvalue weighted by molar-refractivity contribution is 5.49. The number of rotatable bonds is 3. The zero-order valence-electron chi connectivity index (χ0n) is 9.18. The van der Waals surface area contributed by atoms with Gasteiger partial charge in [-0.2, -0.15) is 0 Å². The quantitative estimate of drug-likeness (QED) is 0.611. The van der Waals surface area contributed by atoms with Crippen LogP contribution in [0.4, 0.5) is 0 Å². The Kier molecular flexibility index (Phi) is 3.52. The summed E-state index contributed by atoms with van der Waals surface area (Å²) in [6.07, 6.45) is 6.97. The normalized spacial score (nSPS) is 32.8. The smallest absolute Gasteiger partial charge is 0.120 e. The molecule has 1 aliphatic carbocycles. The Labute approximate surface area is 81.9 Å². The maximum absolute atomic E-state index is 10.4. The molecule has 0 radical (unpaired) electrons. The molecule has 0 aromatic rings. The molecular weight excluding hydrogens is 160 g/mol. The largest absolute Gasteiger partial charge is 0.303 e. The standard InChI is InChI=1S/C12H22O/c1-10-6-4-8-12(2,3)11(10)7-5-9-13/h9-11H,4-8H2,1-3H3/t10-,11?/m0/s1. The number of carbonyl (C=O) groups is 1. The molecule has 0 heterocycles. The van der Waals surface area contributed by atoms with Crippen LogP contribution >= 0.6 is 0 Å². The van der Waals surface area contributed by atoms with Gasteiger partial charge in [-0.1, -0.05) is 33.6 Å². The molecule has 0 aromatic heterocycles. The summed E-state index contributed by atoms with van der Waals surface area (Å²) in [5, 5.41) is 0. The van der Waals surface area contributed by atoms with Gasteiger partial charge in [-0.15, -0.1) is 0 Å². The van der Waals surface area contributed by atoms with Crippen molar-refractivity contribution in [3.05, 3.63) is 0 Å². The van der Waals surface area contributed by atoms with Crippen LogP contribution < -0.4 is 0 Å². The fourth-order valence-corrected chi connectivity index (χ4v) is 2.96. The molecule has 0 bridgehead atoms. The van der Waals surface area contributed by atoms with Crippen LogP contribution in [0.2, 0.25) is 0 Å². The molecule has 0 aliphatic heterocycles. The van der Waals surface area contributed by atoms with Crippen LogP contribution in [0.3, 0.4) is 0 Å². The molecular formula is C12H22O. The van der Waals surface area contributed by atoms with Crippen molar-refractivity contribution in [3.8, 4) is 0 Å². The molecule has 2 atom stereocenters. The van der Waals surface area contributed by atoms with E-state index in [9.17, 15) is 4.79 Å². The Hall–Kier alpha value is -0.330. The van der Waals surface area contributed by atoms with Crippen molar-refractivity contribution in [2.75, 3.05) is 0 Å². The van der Waals surface area contributed by atoms with E-state index in [4.69, 9.17) is 0 Å². The average molecular weight is 182 g/mol. The molecule has 0 aromatic carbocycles. The second-order valence-electron chi connectivity index (χ2n) is 5.21. The first-order valence-corrected chi connectivity index (χ1v) is 5.51. The summed E-state index contributed by atoms with van der Waals surface area (Å²) >= 11 is 0. The molecule has 0 amide bonds. The molecule has 1 aliphatic rings. The number of carbonyl (C=O) groups excluding carboxylic acids is 1. The molecule has 13 heavy (non-hydrogen) atoms. The first kappa shape index (κ1) is 10.7. The van der Waals surface area contributed by atoms with Gasteiger partial charge < -0.3 is 4.79 Å². The zero-order valence-corrected chi connectivity index (χ0v) is 9.18. The Bertz CT molecular complexity index is 172. The van der Waals surface area contributed by atoms with Gasteiger partial charge in [-0.25, -0.2) is 0 Å². The number of aldehydes is 1. The molecule has 1 unspecified atom stereocenters. The van der Waals surface area contributed by atoms with Crippen LogP contribution in [-0.4, -0.2) is 6.29 Å². The summed E-state index contributed by atoms with van der Waals surface area (Å²) in [4.78, 5) is 10.4. The Morgan fingerprint density at radius 1 is 1.46 bits per heavy atom. The third kappa shape index (κ3) is 2.55.